The smallest absolute Gasteiger partial charge is 0.341 e. The van der Waals surface area contributed by atoms with Crippen molar-refractivity contribution in [2.24, 2.45) is 0 Å². The predicted molar refractivity (Wildman–Crippen MR) is 129 cm³/mol. The van der Waals surface area contributed by atoms with Crippen LogP contribution < -0.4 is 4.74 Å². The Morgan fingerprint density at radius 1 is 1.03 bits per heavy atom. The molecule has 2 aromatic carbocycles. The van der Waals surface area contributed by atoms with Crippen molar-refractivity contribution in [3.8, 4) is 40.6 Å². The third kappa shape index (κ3) is 5.22. The van der Waals surface area contributed by atoms with Crippen LogP contribution in [0.2, 0.25) is 0 Å². The average Bonchev–Trinajstić information content (AvgIpc) is 2.84. The number of pyridine rings is 2. The lowest BCUT2D eigenvalue weighted by molar-refractivity contribution is -0.139. The molecule has 0 aliphatic carbocycles. The van der Waals surface area contributed by atoms with Gasteiger partial charge in [0.05, 0.1) is 11.4 Å². The quantitative estimate of drug-likeness (QED) is 0.362. The summed E-state index contributed by atoms with van der Waals surface area (Å²) in [6.07, 6.45) is 9.48. The van der Waals surface area contributed by atoms with Crippen LogP contribution in [0.4, 0.5) is 0 Å². The van der Waals surface area contributed by atoms with Crippen molar-refractivity contribution in [3.05, 3.63) is 90.3 Å². The number of carboxylic acid groups (broad SMARTS) is 1. The number of rotatable bonds is 7. The van der Waals surface area contributed by atoms with Crippen LogP contribution in [0.5, 0.6) is 5.75 Å². The highest BCUT2D eigenvalue weighted by atomic mass is 32.2. The molecule has 4 aromatic rings. The van der Waals surface area contributed by atoms with Gasteiger partial charge in [-0.25, -0.2) is 4.79 Å². The lowest BCUT2D eigenvalue weighted by atomic mass is 9.99. The van der Waals surface area contributed by atoms with Crippen LogP contribution in [0.3, 0.4) is 0 Å². The van der Waals surface area contributed by atoms with Gasteiger partial charge < -0.3 is 9.84 Å². The van der Waals surface area contributed by atoms with Crippen molar-refractivity contribution in [1.82, 2.24) is 9.97 Å². The van der Waals surface area contributed by atoms with Crippen molar-refractivity contribution in [2.75, 3.05) is 6.61 Å². The van der Waals surface area contributed by atoms with Gasteiger partial charge in [0, 0.05) is 38.9 Å². The summed E-state index contributed by atoms with van der Waals surface area (Å²) in [6, 6.07) is 21.2. The number of benzene rings is 2. The number of aromatic nitrogens is 2. The van der Waals surface area contributed by atoms with E-state index in [9.17, 15) is 4.79 Å². The number of terminal acetylenes is 1. The van der Waals surface area contributed by atoms with E-state index in [1.54, 1.807) is 18.5 Å². The van der Waals surface area contributed by atoms with Gasteiger partial charge in [-0.2, -0.15) is 0 Å². The minimum Gasteiger partial charge on any atom is -0.482 e. The fourth-order valence-electron chi connectivity index (χ4n) is 3.36. The molecule has 0 saturated carbocycles. The van der Waals surface area contributed by atoms with E-state index in [4.69, 9.17) is 16.3 Å². The molecule has 162 valence electrons. The topological polar surface area (TPSA) is 72.3 Å². The summed E-state index contributed by atoms with van der Waals surface area (Å²) >= 11 is 1.53. The first kappa shape index (κ1) is 22.1. The molecule has 2 heterocycles. The van der Waals surface area contributed by atoms with Gasteiger partial charge >= 0.3 is 5.97 Å². The molecule has 6 heteroatoms. The first-order chi connectivity index (χ1) is 16.0. The average molecular weight is 453 g/mol. The van der Waals surface area contributed by atoms with E-state index in [1.807, 2.05) is 67.6 Å². The molecular formula is C27H20N2O3S. The number of aryl methyl sites for hydroxylation is 1. The number of nitrogens with zero attached hydrogens (tertiary/aromatic N) is 2. The number of carbonyl (C=O) groups is 1. The second kappa shape index (κ2) is 10.0. The second-order valence-electron chi connectivity index (χ2n) is 7.18. The third-order valence-corrected chi connectivity index (χ3v) is 5.90. The van der Waals surface area contributed by atoms with E-state index >= 15 is 0 Å². The Hall–Kier alpha value is -4.08. The van der Waals surface area contributed by atoms with Gasteiger partial charge in [-0.3, -0.25) is 9.97 Å². The Bertz CT molecular complexity index is 1330. The van der Waals surface area contributed by atoms with Gasteiger partial charge in [-0.05, 0) is 67.1 Å². The zero-order chi connectivity index (χ0) is 23.2. The third-order valence-electron chi connectivity index (χ3n) is 4.87. The minimum atomic E-state index is -1.01. The van der Waals surface area contributed by atoms with Crippen LogP contribution in [0, 0.1) is 19.3 Å². The number of ether oxygens (including phenoxy) is 1. The highest BCUT2D eigenvalue weighted by Gasteiger charge is 2.15. The number of carboxylic acids is 1. The van der Waals surface area contributed by atoms with Crippen LogP contribution >= 0.6 is 11.8 Å². The van der Waals surface area contributed by atoms with Gasteiger partial charge in [0.25, 0.3) is 0 Å². The van der Waals surface area contributed by atoms with Gasteiger partial charge in [0.1, 0.15) is 5.75 Å². The Balaban J connectivity index is 1.78. The summed E-state index contributed by atoms with van der Waals surface area (Å²) in [5.74, 6) is 2.37. The summed E-state index contributed by atoms with van der Waals surface area (Å²) in [6.45, 7) is 1.50. The van der Waals surface area contributed by atoms with Crippen molar-refractivity contribution in [1.29, 1.82) is 0 Å². The van der Waals surface area contributed by atoms with E-state index < -0.39 is 5.97 Å². The molecule has 2 aromatic heterocycles. The summed E-state index contributed by atoms with van der Waals surface area (Å²) in [4.78, 5) is 21.7. The van der Waals surface area contributed by atoms with Crippen molar-refractivity contribution >= 4 is 17.7 Å². The van der Waals surface area contributed by atoms with Gasteiger partial charge in [-0.15, -0.1) is 6.42 Å². The largest absolute Gasteiger partial charge is 0.482 e. The molecule has 0 amide bonds. The Morgan fingerprint density at radius 2 is 1.76 bits per heavy atom. The van der Waals surface area contributed by atoms with E-state index in [-0.39, 0.29) is 6.61 Å². The molecule has 0 spiro atoms. The highest BCUT2D eigenvalue weighted by Crippen LogP contribution is 2.39. The lowest BCUT2D eigenvalue weighted by Gasteiger charge is -2.14. The number of hydrogen-bond donors (Lipinski definition) is 1. The van der Waals surface area contributed by atoms with Crippen molar-refractivity contribution in [3.63, 3.8) is 0 Å². The van der Waals surface area contributed by atoms with Crippen molar-refractivity contribution in [2.45, 2.75) is 16.7 Å². The molecule has 0 radical (unpaired) electrons. The second-order valence-corrected chi connectivity index (χ2v) is 8.30. The van der Waals surface area contributed by atoms with Gasteiger partial charge in [0.15, 0.2) is 6.61 Å². The van der Waals surface area contributed by atoms with E-state index in [0.717, 1.165) is 43.4 Å². The maximum Gasteiger partial charge on any atom is 0.341 e. The summed E-state index contributed by atoms with van der Waals surface area (Å²) in [5.41, 5.74) is 5.03. The van der Waals surface area contributed by atoms with Crippen LogP contribution in [0.15, 0.2) is 88.9 Å². The molecule has 0 atom stereocenters. The predicted octanol–water partition coefficient (Wildman–Crippen LogP) is 5.71. The van der Waals surface area contributed by atoms with Crippen LogP contribution in [0.1, 0.15) is 11.1 Å². The first-order valence-electron chi connectivity index (χ1n) is 10.2. The molecule has 0 unspecified atom stereocenters. The summed E-state index contributed by atoms with van der Waals surface area (Å²) in [7, 11) is 0. The fraction of sp³-hybridized carbons (Fsp3) is 0.0741. The van der Waals surface area contributed by atoms with E-state index in [1.165, 1.54) is 11.8 Å². The molecule has 0 saturated heterocycles. The molecule has 4 rings (SSSR count). The Morgan fingerprint density at radius 3 is 2.36 bits per heavy atom. The lowest BCUT2D eigenvalue weighted by Crippen LogP contribution is -2.09. The van der Waals surface area contributed by atoms with E-state index in [0.29, 0.717) is 5.75 Å². The van der Waals surface area contributed by atoms with Crippen molar-refractivity contribution < 1.29 is 14.6 Å². The molecule has 1 N–H and O–H groups in total. The summed E-state index contributed by atoms with van der Waals surface area (Å²) in [5, 5.41) is 8.85. The SMILES string of the molecule is C#Cc1c(Sc2ccc(OCC(=O)O)c(C)c2)cc(-c2ccccn2)cc1-c1ccccn1. The zero-order valence-corrected chi connectivity index (χ0v) is 18.7. The van der Waals surface area contributed by atoms with Crippen LogP contribution in [0.25, 0.3) is 22.5 Å². The van der Waals surface area contributed by atoms with E-state index in [2.05, 4.69) is 15.9 Å². The minimum absolute atomic E-state index is 0.381. The molecular weight excluding hydrogens is 432 g/mol. The maximum absolute atomic E-state index is 10.8. The zero-order valence-electron chi connectivity index (χ0n) is 17.9. The molecule has 0 fully saturated rings. The number of hydrogen-bond acceptors (Lipinski definition) is 5. The molecule has 0 aliphatic rings. The van der Waals surface area contributed by atoms with Gasteiger partial charge in [0.2, 0.25) is 0 Å². The summed E-state index contributed by atoms with van der Waals surface area (Å²) < 4.78 is 5.34. The normalized spacial score (nSPS) is 10.4. The highest BCUT2D eigenvalue weighted by molar-refractivity contribution is 7.99. The standard InChI is InChI=1S/C27H20N2O3S/c1-3-21-22(24-9-5-7-13-29-24)15-19(23-8-4-6-12-28-23)16-26(21)33-20-10-11-25(18(2)14-20)32-17-27(30)31/h1,4-16H,17H2,2H3,(H,30,31). The van der Waals surface area contributed by atoms with Crippen LogP contribution in [-0.4, -0.2) is 27.7 Å². The monoisotopic (exact) mass is 452 g/mol. The Kier molecular flexibility index (Phi) is 6.72. The maximum atomic E-state index is 10.8. The molecule has 33 heavy (non-hydrogen) atoms. The Labute approximate surface area is 196 Å². The van der Waals surface area contributed by atoms with Crippen LogP contribution in [-0.2, 0) is 4.79 Å². The molecule has 5 nitrogen and oxygen atoms in total. The first-order valence-corrected chi connectivity index (χ1v) is 11.0. The molecule has 0 bridgehead atoms. The fourth-order valence-corrected chi connectivity index (χ4v) is 4.45. The molecule has 0 aliphatic heterocycles. The van der Waals surface area contributed by atoms with Gasteiger partial charge in [-0.1, -0.05) is 29.8 Å². The number of aliphatic carboxylic acids is 1.